The first-order valence-electron chi connectivity index (χ1n) is 8.76. The van der Waals surface area contributed by atoms with Gasteiger partial charge < -0.3 is 14.5 Å². The summed E-state index contributed by atoms with van der Waals surface area (Å²) in [6.07, 6.45) is 0.280. The van der Waals surface area contributed by atoms with Crippen LogP contribution in [0.15, 0.2) is 54.6 Å². The highest BCUT2D eigenvalue weighted by molar-refractivity contribution is 5.89. The number of hydrogen-bond acceptors (Lipinski definition) is 3. The molecule has 1 atom stereocenters. The molecule has 2 aromatic carbocycles. The van der Waals surface area contributed by atoms with Crippen molar-refractivity contribution in [2.45, 2.75) is 19.5 Å². The minimum Gasteiger partial charge on any atom is -0.497 e. The van der Waals surface area contributed by atoms with Crippen LogP contribution in [-0.4, -0.2) is 42.3 Å². The van der Waals surface area contributed by atoms with Crippen molar-refractivity contribution in [1.29, 1.82) is 0 Å². The second-order valence-corrected chi connectivity index (χ2v) is 6.71. The molecule has 5 heteroatoms. The van der Waals surface area contributed by atoms with E-state index in [0.29, 0.717) is 19.6 Å². The molecule has 0 aliphatic carbocycles. The Hall–Kier alpha value is -2.82. The fourth-order valence-corrected chi connectivity index (χ4v) is 3.33. The molecule has 1 unspecified atom stereocenters. The maximum atomic E-state index is 12.7. The molecule has 0 N–H and O–H groups in total. The molecule has 1 saturated heterocycles. The van der Waals surface area contributed by atoms with Crippen LogP contribution in [0, 0.1) is 5.92 Å². The van der Waals surface area contributed by atoms with E-state index in [-0.39, 0.29) is 24.2 Å². The molecule has 0 bridgehead atoms. The first-order chi connectivity index (χ1) is 12.6. The number of hydrogen-bond donors (Lipinski definition) is 0. The van der Waals surface area contributed by atoms with Crippen molar-refractivity contribution in [3.8, 4) is 5.75 Å². The smallest absolute Gasteiger partial charge is 0.228 e. The fraction of sp³-hybridized carbons (Fsp3) is 0.333. The van der Waals surface area contributed by atoms with E-state index in [0.717, 1.165) is 16.9 Å². The number of likely N-dealkylation sites (tertiary alicyclic amines) is 1. The molecule has 2 aromatic rings. The third-order valence-corrected chi connectivity index (χ3v) is 4.71. The van der Waals surface area contributed by atoms with E-state index in [4.69, 9.17) is 4.74 Å². The van der Waals surface area contributed by atoms with Crippen LogP contribution >= 0.6 is 0 Å². The van der Waals surface area contributed by atoms with Gasteiger partial charge in [-0.25, -0.2) is 0 Å². The number of amides is 2. The van der Waals surface area contributed by atoms with Crippen LogP contribution in [0.5, 0.6) is 5.75 Å². The third kappa shape index (κ3) is 4.23. The predicted octanol–water partition coefficient (Wildman–Crippen LogP) is 2.70. The second kappa shape index (κ2) is 8.04. The zero-order chi connectivity index (χ0) is 18.5. The highest BCUT2D eigenvalue weighted by atomic mass is 16.5. The molecule has 5 nitrogen and oxygen atoms in total. The van der Waals surface area contributed by atoms with Crippen molar-refractivity contribution in [3.63, 3.8) is 0 Å². The molecule has 1 heterocycles. The van der Waals surface area contributed by atoms with E-state index in [2.05, 4.69) is 0 Å². The van der Waals surface area contributed by atoms with Crippen LogP contribution < -0.4 is 4.74 Å². The lowest BCUT2D eigenvalue weighted by molar-refractivity contribution is -0.135. The molecular formula is C21H24N2O3. The van der Waals surface area contributed by atoms with Crippen molar-refractivity contribution >= 4 is 11.8 Å². The summed E-state index contributed by atoms with van der Waals surface area (Å²) in [7, 11) is 3.42. The quantitative estimate of drug-likeness (QED) is 0.803. The monoisotopic (exact) mass is 352 g/mol. The van der Waals surface area contributed by atoms with Crippen molar-refractivity contribution in [2.24, 2.45) is 5.92 Å². The fourth-order valence-electron chi connectivity index (χ4n) is 3.33. The highest BCUT2D eigenvalue weighted by Gasteiger charge is 2.35. The number of ether oxygens (including phenoxy) is 1. The lowest BCUT2D eigenvalue weighted by Crippen LogP contribution is -2.34. The third-order valence-electron chi connectivity index (χ3n) is 4.71. The standard InChI is InChI=1S/C21H24N2O3/c1-22(13-16-7-4-3-5-8-16)21(25)18-12-20(24)23(15-18)14-17-9-6-10-19(11-17)26-2/h3-11,18H,12-15H2,1-2H3. The van der Waals surface area contributed by atoms with Gasteiger partial charge in [-0.2, -0.15) is 0 Å². The summed E-state index contributed by atoms with van der Waals surface area (Å²) >= 11 is 0. The molecule has 0 radical (unpaired) electrons. The average Bonchev–Trinajstić information content (AvgIpc) is 3.02. The minimum atomic E-state index is -0.276. The van der Waals surface area contributed by atoms with Crippen LogP contribution in [0.25, 0.3) is 0 Å². The van der Waals surface area contributed by atoms with Gasteiger partial charge in [0.05, 0.1) is 13.0 Å². The number of benzene rings is 2. The zero-order valence-electron chi connectivity index (χ0n) is 15.2. The van der Waals surface area contributed by atoms with Crippen LogP contribution in [-0.2, 0) is 22.7 Å². The van der Waals surface area contributed by atoms with Gasteiger partial charge in [-0.15, -0.1) is 0 Å². The Labute approximate surface area is 154 Å². The van der Waals surface area contributed by atoms with E-state index in [1.807, 2.05) is 54.6 Å². The Morgan fingerprint density at radius 1 is 1.15 bits per heavy atom. The van der Waals surface area contributed by atoms with Gasteiger partial charge in [0.2, 0.25) is 11.8 Å². The summed E-state index contributed by atoms with van der Waals surface area (Å²) in [6, 6.07) is 17.5. The summed E-state index contributed by atoms with van der Waals surface area (Å²) in [5.41, 5.74) is 2.09. The van der Waals surface area contributed by atoms with Gasteiger partial charge in [-0.1, -0.05) is 42.5 Å². The molecule has 0 spiro atoms. The Bertz CT molecular complexity index is 776. The second-order valence-electron chi connectivity index (χ2n) is 6.71. The average molecular weight is 352 g/mol. The predicted molar refractivity (Wildman–Crippen MR) is 99.4 cm³/mol. The van der Waals surface area contributed by atoms with Gasteiger partial charge in [0.15, 0.2) is 0 Å². The van der Waals surface area contributed by atoms with E-state index in [1.165, 1.54) is 0 Å². The van der Waals surface area contributed by atoms with Crippen LogP contribution in [0.3, 0.4) is 0 Å². The normalized spacial score (nSPS) is 16.6. The maximum Gasteiger partial charge on any atom is 0.228 e. The molecule has 0 saturated carbocycles. The number of rotatable bonds is 6. The van der Waals surface area contributed by atoms with Gasteiger partial charge in [-0.05, 0) is 23.3 Å². The number of carbonyl (C=O) groups is 2. The SMILES string of the molecule is COc1cccc(CN2CC(C(=O)N(C)Cc3ccccc3)CC2=O)c1. The molecule has 2 amide bonds. The van der Waals surface area contributed by atoms with Gasteiger partial charge >= 0.3 is 0 Å². The Morgan fingerprint density at radius 2 is 1.88 bits per heavy atom. The van der Waals surface area contributed by atoms with Crippen LogP contribution in [0.1, 0.15) is 17.5 Å². The minimum absolute atomic E-state index is 0.0235. The molecule has 136 valence electrons. The number of nitrogens with zero attached hydrogens (tertiary/aromatic N) is 2. The Morgan fingerprint density at radius 3 is 2.62 bits per heavy atom. The molecule has 26 heavy (non-hydrogen) atoms. The van der Waals surface area contributed by atoms with Gasteiger partial charge in [0.1, 0.15) is 5.75 Å². The zero-order valence-corrected chi connectivity index (χ0v) is 15.2. The molecule has 1 aliphatic heterocycles. The summed E-state index contributed by atoms with van der Waals surface area (Å²) in [6.45, 7) is 1.52. The topological polar surface area (TPSA) is 49.9 Å². The van der Waals surface area contributed by atoms with E-state index in [9.17, 15) is 9.59 Å². The van der Waals surface area contributed by atoms with Gasteiger partial charge in [0.25, 0.3) is 0 Å². The first-order valence-corrected chi connectivity index (χ1v) is 8.76. The largest absolute Gasteiger partial charge is 0.497 e. The summed E-state index contributed by atoms with van der Waals surface area (Å²) in [4.78, 5) is 28.5. The first kappa shape index (κ1) is 18.0. The van der Waals surface area contributed by atoms with Crippen molar-refractivity contribution in [2.75, 3.05) is 20.7 Å². The Balaban J connectivity index is 1.60. The van der Waals surface area contributed by atoms with E-state index < -0.39 is 0 Å². The van der Waals surface area contributed by atoms with E-state index >= 15 is 0 Å². The lowest BCUT2D eigenvalue weighted by atomic mass is 10.1. The highest BCUT2D eigenvalue weighted by Crippen LogP contribution is 2.23. The molecule has 1 fully saturated rings. The van der Waals surface area contributed by atoms with Crippen molar-refractivity contribution in [1.82, 2.24) is 9.80 Å². The summed E-state index contributed by atoms with van der Waals surface area (Å²) in [5.74, 6) is 0.542. The molecule has 3 rings (SSSR count). The van der Waals surface area contributed by atoms with Gasteiger partial charge in [-0.3, -0.25) is 9.59 Å². The maximum absolute atomic E-state index is 12.7. The van der Waals surface area contributed by atoms with Gasteiger partial charge in [0, 0.05) is 33.1 Å². The molecule has 0 aromatic heterocycles. The Kier molecular flexibility index (Phi) is 5.56. The van der Waals surface area contributed by atoms with Crippen molar-refractivity contribution in [3.05, 3.63) is 65.7 Å². The number of methoxy groups -OCH3 is 1. The molecular weight excluding hydrogens is 328 g/mol. The lowest BCUT2D eigenvalue weighted by Gasteiger charge is -2.21. The van der Waals surface area contributed by atoms with E-state index in [1.54, 1.807) is 24.0 Å². The molecule has 1 aliphatic rings. The summed E-state index contributed by atoms with van der Waals surface area (Å²) < 4.78 is 5.23. The number of carbonyl (C=O) groups excluding carboxylic acids is 2. The van der Waals surface area contributed by atoms with Crippen molar-refractivity contribution < 1.29 is 14.3 Å². The van der Waals surface area contributed by atoms with Crippen LogP contribution in [0.4, 0.5) is 0 Å². The summed E-state index contributed by atoms with van der Waals surface area (Å²) in [5, 5.41) is 0. The van der Waals surface area contributed by atoms with Crippen LogP contribution in [0.2, 0.25) is 0 Å².